The van der Waals surface area contributed by atoms with Gasteiger partial charge in [-0.05, 0) is 18.6 Å². The monoisotopic (exact) mass is 395 g/mol. The Kier molecular flexibility index (Phi) is 5.41. The van der Waals surface area contributed by atoms with Crippen molar-refractivity contribution in [3.05, 3.63) is 30.0 Å². The van der Waals surface area contributed by atoms with Gasteiger partial charge in [0, 0.05) is 30.1 Å². The van der Waals surface area contributed by atoms with Gasteiger partial charge in [0.05, 0.1) is 31.3 Å². The molecule has 1 aromatic carbocycles. The van der Waals surface area contributed by atoms with Crippen LogP contribution in [0.3, 0.4) is 0 Å². The van der Waals surface area contributed by atoms with Gasteiger partial charge in [0.1, 0.15) is 11.3 Å². The number of esters is 1. The van der Waals surface area contributed by atoms with Crippen LogP contribution in [0.5, 0.6) is 5.75 Å². The minimum Gasteiger partial charge on any atom is -0.497 e. The lowest BCUT2D eigenvalue weighted by atomic mass is 10.1. The van der Waals surface area contributed by atoms with Crippen molar-refractivity contribution >= 4 is 32.7 Å². The molecule has 0 radical (unpaired) electrons. The zero-order valence-electron chi connectivity index (χ0n) is 15.1. The topological polar surface area (TPSA) is 103 Å². The Labute approximate surface area is 156 Å². The number of furan rings is 1. The summed E-state index contributed by atoms with van der Waals surface area (Å²) in [4.78, 5) is 25.6. The number of fused-ring (bicyclic) bond motifs is 1. The van der Waals surface area contributed by atoms with Crippen molar-refractivity contribution < 1.29 is 31.9 Å². The molecule has 3 rings (SSSR count). The van der Waals surface area contributed by atoms with Crippen LogP contribution in [0.4, 0.5) is 0 Å². The van der Waals surface area contributed by atoms with E-state index < -0.39 is 28.3 Å². The second-order valence-corrected chi connectivity index (χ2v) is 8.75. The summed E-state index contributed by atoms with van der Waals surface area (Å²) in [5.41, 5.74) is 1.25. The lowest BCUT2D eigenvalue weighted by molar-refractivity contribution is -0.151. The summed E-state index contributed by atoms with van der Waals surface area (Å²) < 4.78 is 38.6. The summed E-state index contributed by atoms with van der Waals surface area (Å²) in [7, 11) is -0.00701. The highest BCUT2D eigenvalue weighted by molar-refractivity contribution is 7.91. The maximum absolute atomic E-state index is 12.2. The summed E-state index contributed by atoms with van der Waals surface area (Å²) in [5, 5.41) is 0.771. The third kappa shape index (κ3) is 4.41. The van der Waals surface area contributed by atoms with Gasteiger partial charge in [-0.3, -0.25) is 9.59 Å². The molecule has 1 atom stereocenters. The van der Waals surface area contributed by atoms with Gasteiger partial charge in [-0.15, -0.1) is 0 Å². The lowest BCUT2D eigenvalue weighted by Gasteiger charge is -2.23. The van der Waals surface area contributed by atoms with Crippen LogP contribution in [0.25, 0.3) is 11.0 Å². The van der Waals surface area contributed by atoms with Gasteiger partial charge in [-0.25, -0.2) is 8.42 Å². The van der Waals surface area contributed by atoms with Crippen LogP contribution in [0.2, 0.25) is 0 Å². The van der Waals surface area contributed by atoms with E-state index in [9.17, 15) is 18.0 Å². The van der Waals surface area contributed by atoms with E-state index in [4.69, 9.17) is 13.9 Å². The molecular weight excluding hydrogens is 374 g/mol. The SMILES string of the molecule is COc1ccc2c(CC(=O)OCC(=O)N(C)[C@H]3CCS(=O)(=O)C3)coc2c1. The summed E-state index contributed by atoms with van der Waals surface area (Å²) in [6.45, 7) is -0.421. The van der Waals surface area contributed by atoms with E-state index in [0.717, 1.165) is 5.39 Å². The van der Waals surface area contributed by atoms with Crippen LogP contribution in [0.1, 0.15) is 12.0 Å². The van der Waals surface area contributed by atoms with Crippen LogP contribution in [-0.2, 0) is 30.6 Å². The number of likely N-dealkylation sites (N-methyl/N-ethyl adjacent to an activating group) is 1. The zero-order valence-corrected chi connectivity index (χ0v) is 16.0. The van der Waals surface area contributed by atoms with Crippen LogP contribution in [0, 0.1) is 0 Å². The van der Waals surface area contributed by atoms with Crippen molar-refractivity contribution in [2.75, 3.05) is 32.3 Å². The van der Waals surface area contributed by atoms with Crippen molar-refractivity contribution in [2.24, 2.45) is 0 Å². The Morgan fingerprint density at radius 2 is 2.11 bits per heavy atom. The molecule has 1 amide bonds. The molecule has 0 aliphatic carbocycles. The number of nitrogens with zero attached hydrogens (tertiary/aromatic N) is 1. The van der Waals surface area contributed by atoms with Gasteiger partial charge in [-0.2, -0.15) is 0 Å². The fourth-order valence-corrected chi connectivity index (χ4v) is 4.84. The quantitative estimate of drug-likeness (QED) is 0.677. The molecule has 8 nitrogen and oxygen atoms in total. The van der Waals surface area contributed by atoms with Crippen molar-refractivity contribution in [2.45, 2.75) is 18.9 Å². The van der Waals surface area contributed by atoms with Crippen LogP contribution >= 0.6 is 0 Å². The first-order chi connectivity index (χ1) is 12.8. The minimum absolute atomic E-state index is 0.0336. The van der Waals surface area contributed by atoms with E-state index in [0.29, 0.717) is 23.3 Å². The Hall–Kier alpha value is -2.55. The maximum Gasteiger partial charge on any atom is 0.310 e. The number of benzene rings is 1. The Morgan fingerprint density at radius 3 is 2.78 bits per heavy atom. The fraction of sp³-hybridized carbons (Fsp3) is 0.444. The molecule has 2 aromatic rings. The summed E-state index contributed by atoms with van der Waals surface area (Å²) in [5.74, 6) is -0.309. The molecule has 0 unspecified atom stereocenters. The third-order valence-electron chi connectivity index (χ3n) is 4.70. The predicted octanol–water partition coefficient (Wildman–Crippen LogP) is 1.17. The Morgan fingerprint density at radius 1 is 1.33 bits per heavy atom. The fourth-order valence-electron chi connectivity index (χ4n) is 3.06. The van der Waals surface area contributed by atoms with Crippen LogP contribution < -0.4 is 4.74 Å². The number of methoxy groups -OCH3 is 1. The minimum atomic E-state index is -3.09. The van der Waals surface area contributed by atoms with E-state index in [2.05, 4.69) is 0 Å². The number of rotatable bonds is 6. The Bertz CT molecular complexity index is 963. The van der Waals surface area contributed by atoms with Crippen molar-refractivity contribution in [3.63, 3.8) is 0 Å². The molecule has 0 saturated carbocycles. The highest BCUT2D eigenvalue weighted by Gasteiger charge is 2.32. The molecule has 1 fully saturated rings. The smallest absolute Gasteiger partial charge is 0.310 e. The second kappa shape index (κ2) is 7.59. The summed E-state index contributed by atoms with van der Waals surface area (Å²) >= 11 is 0. The number of hydrogen-bond donors (Lipinski definition) is 0. The van der Waals surface area contributed by atoms with E-state index >= 15 is 0 Å². The van der Waals surface area contributed by atoms with Gasteiger partial charge in [-0.1, -0.05) is 0 Å². The van der Waals surface area contributed by atoms with Crippen molar-refractivity contribution in [1.82, 2.24) is 4.90 Å². The van der Waals surface area contributed by atoms with Gasteiger partial charge in [0.25, 0.3) is 5.91 Å². The van der Waals surface area contributed by atoms with Gasteiger partial charge < -0.3 is 18.8 Å². The number of carbonyl (C=O) groups excluding carboxylic acids is 2. The van der Waals surface area contributed by atoms with Crippen LogP contribution in [0.15, 0.2) is 28.9 Å². The molecule has 1 aromatic heterocycles. The zero-order chi connectivity index (χ0) is 19.6. The molecule has 146 valence electrons. The van der Waals surface area contributed by atoms with E-state index in [1.54, 1.807) is 25.3 Å². The largest absolute Gasteiger partial charge is 0.497 e. The molecule has 0 spiro atoms. The molecule has 9 heteroatoms. The third-order valence-corrected chi connectivity index (χ3v) is 6.45. The average Bonchev–Trinajstić information content (AvgIpc) is 3.21. The van der Waals surface area contributed by atoms with E-state index in [-0.39, 0.29) is 24.0 Å². The average molecular weight is 395 g/mol. The molecule has 2 heterocycles. The summed E-state index contributed by atoms with van der Waals surface area (Å²) in [6, 6.07) is 4.91. The van der Waals surface area contributed by atoms with Crippen LogP contribution in [-0.4, -0.2) is 63.5 Å². The molecule has 0 N–H and O–H groups in total. The lowest BCUT2D eigenvalue weighted by Crippen LogP contribution is -2.40. The van der Waals surface area contributed by atoms with Crippen molar-refractivity contribution in [3.8, 4) is 5.75 Å². The molecule has 27 heavy (non-hydrogen) atoms. The highest BCUT2D eigenvalue weighted by atomic mass is 32.2. The summed E-state index contributed by atoms with van der Waals surface area (Å²) in [6.07, 6.45) is 1.85. The number of hydrogen-bond acceptors (Lipinski definition) is 7. The maximum atomic E-state index is 12.2. The van der Waals surface area contributed by atoms with E-state index in [1.807, 2.05) is 0 Å². The van der Waals surface area contributed by atoms with Gasteiger partial charge >= 0.3 is 5.97 Å². The number of carbonyl (C=O) groups is 2. The first-order valence-electron chi connectivity index (χ1n) is 8.45. The standard InChI is InChI=1S/C18H21NO7S/c1-19(13-5-6-27(22,23)11-13)17(20)10-26-18(21)7-12-9-25-16-8-14(24-2)3-4-15(12)16/h3-4,8-9,13H,5-7,10-11H2,1-2H3/t13-/m0/s1. The van der Waals surface area contributed by atoms with Gasteiger partial charge in [0.15, 0.2) is 16.4 Å². The first kappa shape index (κ1) is 19.2. The molecule has 1 aliphatic heterocycles. The van der Waals surface area contributed by atoms with E-state index in [1.165, 1.54) is 18.2 Å². The first-order valence-corrected chi connectivity index (χ1v) is 10.3. The normalized spacial score (nSPS) is 18.4. The van der Waals surface area contributed by atoms with Crippen molar-refractivity contribution in [1.29, 1.82) is 0 Å². The highest BCUT2D eigenvalue weighted by Crippen LogP contribution is 2.26. The Balaban J connectivity index is 1.54. The molecule has 0 bridgehead atoms. The number of sulfone groups is 1. The molecule has 1 saturated heterocycles. The number of ether oxygens (including phenoxy) is 2. The predicted molar refractivity (Wildman–Crippen MR) is 97.3 cm³/mol. The molecule has 1 aliphatic rings. The molecular formula is C18H21NO7S. The van der Waals surface area contributed by atoms with Gasteiger partial charge in [0.2, 0.25) is 0 Å². The number of amides is 1. The second-order valence-electron chi connectivity index (χ2n) is 6.52.